The van der Waals surface area contributed by atoms with E-state index in [0.29, 0.717) is 6.42 Å². The number of carbonyl (C=O) groups is 1. The second-order valence-corrected chi connectivity index (χ2v) is 6.47. The van der Waals surface area contributed by atoms with Gasteiger partial charge in [-0.1, -0.05) is 26.0 Å². The molecule has 0 saturated carbocycles. The third-order valence-corrected chi connectivity index (χ3v) is 4.53. The van der Waals surface area contributed by atoms with Crippen LogP contribution in [0.1, 0.15) is 33.6 Å². The van der Waals surface area contributed by atoms with Gasteiger partial charge in [0, 0.05) is 11.0 Å². The molecule has 3 aliphatic rings. The zero-order chi connectivity index (χ0) is 13.8. The summed E-state index contributed by atoms with van der Waals surface area (Å²) in [4.78, 5) is 11.8. The first-order valence-electron chi connectivity index (χ1n) is 6.80. The summed E-state index contributed by atoms with van der Waals surface area (Å²) < 4.78 is 11.0. The molecule has 4 atom stereocenters. The summed E-state index contributed by atoms with van der Waals surface area (Å²) in [5, 5.41) is 10.2. The normalized spacial score (nSPS) is 45.6. The van der Waals surface area contributed by atoms with Crippen LogP contribution < -0.4 is 0 Å². The van der Waals surface area contributed by atoms with Gasteiger partial charge in [-0.05, 0) is 25.8 Å². The molecule has 0 aromatic heterocycles. The van der Waals surface area contributed by atoms with Gasteiger partial charge in [0.1, 0.15) is 17.8 Å². The van der Waals surface area contributed by atoms with Gasteiger partial charge >= 0.3 is 5.97 Å². The van der Waals surface area contributed by atoms with Gasteiger partial charge in [-0.25, -0.2) is 4.79 Å². The number of aliphatic hydroxyl groups is 1. The molecule has 0 aromatic carbocycles. The lowest BCUT2D eigenvalue weighted by Crippen LogP contribution is -2.30. The Hall–Kier alpha value is -1.13. The van der Waals surface area contributed by atoms with Crippen molar-refractivity contribution in [2.24, 2.45) is 5.41 Å². The van der Waals surface area contributed by atoms with E-state index in [9.17, 15) is 9.90 Å². The van der Waals surface area contributed by atoms with Crippen LogP contribution in [0.25, 0.3) is 0 Å². The number of fused-ring (bicyclic) bond motifs is 2. The Morgan fingerprint density at radius 1 is 1.37 bits per heavy atom. The average molecular weight is 264 g/mol. The maximum Gasteiger partial charge on any atom is 0.334 e. The highest BCUT2D eigenvalue weighted by atomic mass is 16.6. The zero-order valence-electron chi connectivity index (χ0n) is 11.6. The molecule has 1 saturated heterocycles. The Bertz CT molecular complexity index is 477. The van der Waals surface area contributed by atoms with E-state index in [1.54, 1.807) is 6.08 Å². The number of esters is 1. The fraction of sp³-hybridized carbons (Fsp3) is 0.667. The highest BCUT2D eigenvalue weighted by molar-refractivity contribution is 5.91. The Labute approximate surface area is 113 Å². The Morgan fingerprint density at radius 2 is 2.11 bits per heavy atom. The van der Waals surface area contributed by atoms with Crippen LogP contribution >= 0.6 is 0 Å². The van der Waals surface area contributed by atoms with E-state index in [0.717, 1.165) is 12.0 Å². The van der Waals surface area contributed by atoms with E-state index in [2.05, 4.69) is 0 Å². The molecule has 0 spiro atoms. The lowest BCUT2D eigenvalue weighted by Gasteiger charge is -2.26. The molecule has 4 heteroatoms. The van der Waals surface area contributed by atoms with Gasteiger partial charge in [-0.3, -0.25) is 0 Å². The number of rotatable bonds is 0. The second-order valence-electron chi connectivity index (χ2n) is 6.47. The smallest absolute Gasteiger partial charge is 0.334 e. The van der Waals surface area contributed by atoms with Crippen LogP contribution in [0.4, 0.5) is 0 Å². The van der Waals surface area contributed by atoms with Crippen molar-refractivity contribution in [3.8, 4) is 0 Å². The van der Waals surface area contributed by atoms with Crippen molar-refractivity contribution in [2.75, 3.05) is 0 Å². The first kappa shape index (κ1) is 12.9. The van der Waals surface area contributed by atoms with Crippen LogP contribution in [0.2, 0.25) is 0 Å². The van der Waals surface area contributed by atoms with E-state index in [-0.39, 0.29) is 23.6 Å². The summed E-state index contributed by atoms with van der Waals surface area (Å²) in [5.41, 5.74) is -0.0925. The summed E-state index contributed by atoms with van der Waals surface area (Å²) in [6.45, 7) is 5.92. The summed E-state index contributed by atoms with van der Waals surface area (Å²) in [6.07, 6.45) is 6.16. The van der Waals surface area contributed by atoms with Gasteiger partial charge in [0.25, 0.3) is 0 Å². The molecule has 1 N–H and O–H groups in total. The van der Waals surface area contributed by atoms with Crippen molar-refractivity contribution < 1.29 is 19.4 Å². The highest BCUT2D eigenvalue weighted by Crippen LogP contribution is 2.45. The highest BCUT2D eigenvalue weighted by Gasteiger charge is 2.56. The van der Waals surface area contributed by atoms with Crippen molar-refractivity contribution in [2.45, 2.75) is 57.5 Å². The predicted molar refractivity (Wildman–Crippen MR) is 69.4 cm³/mol. The van der Waals surface area contributed by atoms with Crippen LogP contribution in [-0.2, 0) is 14.3 Å². The fourth-order valence-corrected chi connectivity index (χ4v) is 2.82. The average Bonchev–Trinajstić information content (AvgIpc) is 2.85. The lowest BCUT2D eigenvalue weighted by molar-refractivity contribution is -0.142. The van der Waals surface area contributed by atoms with E-state index >= 15 is 0 Å². The molecule has 1 aliphatic carbocycles. The number of ether oxygens (including phenoxy) is 2. The lowest BCUT2D eigenvalue weighted by atomic mass is 9.85. The first-order valence-corrected chi connectivity index (χ1v) is 6.80. The third kappa shape index (κ3) is 2.03. The summed E-state index contributed by atoms with van der Waals surface area (Å²) >= 11 is 0. The zero-order valence-corrected chi connectivity index (χ0v) is 11.6. The molecule has 1 fully saturated rings. The maximum atomic E-state index is 11.8. The quantitative estimate of drug-likeness (QED) is 0.411. The summed E-state index contributed by atoms with van der Waals surface area (Å²) in [7, 11) is 0. The molecule has 2 heterocycles. The minimum absolute atomic E-state index is 0.0149. The largest absolute Gasteiger partial charge is 0.454 e. The summed E-state index contributed by atoms with van der Waals surface area (Å²) in [5.74, 6) is -0.213. The van der Waals surface area contributed by atoms with Crippen molar-refractivity contribution >= 4 is 5.97 Å². The molecule has 0 unspecified atom stereocenters. The minimum Gasteiger partial charge on any atom is -0.454 e. The number of aliphatic hydroxyl groups excluding tert-OH is 1. The minimum atomic E-state index is -0.617. The van der Waals surface area contributed by atoms with E-state index in [4.69, 9.17) is 9.47 Å². The first-order chi connectivity index (χ1) is 8.83. The van der Waals surface area contributed by atoms with Crippen molar-refractivity contribution in [1.29, 1.82) is 0 Å². The van der Waals surface area contributed by atoms with Crippen molar-refractivity contribution in [3.05, 3.63) is 23.8 Å². The van der Waals surface area contributed by atoms with E-state index in [1.807, 2.05) is 32.9 Å². The second kappa shape index (κ2) is 3.93. The number of hydrogen-bond acceptors (Lipinski definition) is 4. The molecular formula is C15H20O4. The van der Waals surface area contributed by atoms with Gasteiger partial charge in [0.2, 0.25) is 0 Å². The predicted octanol–water partition coefficient (Wildman–Crippen LogP) is 1.73. The maximum absolute atomic E-state index is 11.8. The molecule has 0 radical (unpaired) electrons. The van der Waals surface area contributed by atoms with E-state index < -0.39 is 11.7 Å². The van der Waals surface area contributed by atoms with Gasteiger partial charge in [0.05, 0.1) is 6.10 Å². The Kier molecular flexibility index (Phi) is 2.67. The van der Waals surface area contributed by atoms with Gasteiger partial charge in [-0.2, -0.15) is 0 Å². The van der Waals surface area contributed by atoms with Crippen LogP contribution in [0.5, 0.6) is 0 Å². The van der Waals surface area contributed by atoms with Crippen molar-refractivity contribution in [1.82, 2.24) is 0 Å². The standard InChI is InChI=1S/C15H20O4/c1-14(2)7-6-10(16)15(3)11(19-15)5-4-9-8-12(14)18-13(9)17/h6-8,10-12,16H,4-5H2,1-3H3/b7-6+/t10-,11+,12-,15+/m0/s1. The van der Waals surface area contributed by atoms with Gasteiger partial charge < -0.3 is 14.6 Å². The van der Waals surface area contributed by atoms with Crippen molar-refractivity contribution in [3.63, 3.8) is 0 Å². The molecule has 19 heavy (non-hydrogen) atoms. The third-order valence-electron chi connectivity index (χ3n) is 4.53. The number of carbonyl (C=O) groups excluding carboxylic acids is 1. The fourth-order valence-electron chi connectivity index (χ4n) is 2.82. The van der Waals surface area contributed by atoms with Crippen LogP contribution in [0, 0.1) is 5.41 Å². The Morgan fingerprint density at radius 3 is 2.84 bits per heavy atom. The molecule has 2 aliphatic heterocycles. The summed E-state index contributed by atoms with van der Waals surface area (Å²) in [6, 6.07) is 0. The SMILES string of the molecule is CC1(C)/C=C/[C@H](O)[C@@]2(C)O[C@@H]2CCC2=C[C@@H]1OC2=O. The van der Waals surface area contributed by atoms with Crippen LogP contribution in [0.15, 0.2) is 23.8 Å². The van der Waals surface area contributed by atoms with Gasteiger partial charge in [0.15, 0.2) is 0 Å². The van der Waals surface area contributed by atoms with E-state index in [1.165, 1.54) is 0 Å². The molecule has 0 amide bonds. The van der Waals surface area contributed by atoms with Crippen LogP contribution in [0.3, 0.4) is 0 Å². The van der Waals surface area contributed by atoms with Gasteiger partial charge in [-0.15, -0.1) is 0 Å². The monoisotopic (exact) mass is 264 g/mol. The Balaban J connectivity index is 1.93. The molecular weight excluding hydrogens is 244 g/mol. The topological polar surface area (TPSA) is 59.1 Å². The molecule has 3 rings (SSSR count). The molecule has 0 aromatic rings. The molecule has 2 bridgehead atoms. The van der Waals surface area contributed by atoms with Crippen LogP contribution in [-0.4, -0.2) is 35.0 Å². The number of hydrogen-bond donors (Lipinski definition) is 1. The number of epoxide rings is 1. The molecule has 104 valence electrons. The molecule has 4 nitrogen and oxygen atoms in total.